The van der Waals surface area contributed by atoms with E-state index in [2.05, 4.69) is 10.6 Å². The van der Waals surface area contributed by atoms with E-state index in [-0.39, 0.29) is 28.5 Å². The predicted molar refractivity (Wildman–Crippen MR) is 109 cm³/mol. The third-order valence-electron chi connectivity index (χ3n) is 4.00. The van der Waals surface area contributed by atoms with Crippen LogP contribution < -0.4 is 24.8 Å². The zero-order valence-electron chi connectivity index (χ0n) is 17.0. The number of carboxylic acids is 1. The van der Waals surface area contributed by atoms with Crippen LogP contribution >= 0.6 is 0 Å². The van der Waals surface area contributed by atoms with Crippen LogP contribution in [-0.2, 0) is 9.59 Å². The van der Waals surface area contributed by atoms with E-state index in [4.69, 9.17) is 19.3 Å². The van der Waals surface area contributed by atoms with Crippen molar-refractivity contribution in [2.75, 3.05) is 27.9 Å². The lowest BCUT2D eigenvalue weighted by atomic mass is 10.1. The molecule has 0 aliphatic carbocycles. The second-order valence-electron chi connectivity index (χ2n) is 6.05. The lowest BCUT2D eigenvalue weighted by Crippen LogP contribution is -2.37. The molecule has 0 aliphatic rings. The van der Waals surface area contributed by atoms with Crippen LogP contribution in [0.15, 0.2) is 42.1 Å². The summed E-state index contributed by atoms with van der Waals surface area (Å²) in [6.45, 7) is -0.653. The molecule has 0 unspecified atom stereocenters. The molecular formula is C21H21FN2O7. The van der Waals surface area contributed by atoms with Crippen LogP contribution in [0.5, 0.6) is 17.2 Å². The molecule has 10 heteroatoms. The van der Waals surface area contributed by atoms with E-state index >= 15 is 0 Å². The Bertz CT molecular complexity index is 978. The average molecular weight is 432 g/mol. The zero-order valence-corrected chi connectivity index (χ0v) is 17.0. The van der Waals surface area contributed by atoms with Gasteiger partial charge in [0, 0.05) is 5.56 Å². The van der Waals surface area contributed by atoms with Gasteiger partial charge in [0.1, 0.15) is 18.1 Å². The quantitative estimate of drug-likeness (QED) is 0.517. The van der Waals surface area contributed by atoms with E-state index in [0.29, 0.717) is 5.56 Å². The molecule has 0 radical (unpaired) electrons. The van der Waals surface area contributed by atoms with Gasteiger partial charge in [-0.05, 0) is 35.9 Å². The van der Waals surface area contributed by atoms with E-state index < -0.39 is 30.1 Å². The highest BCUT2D eigenvalue weighted by Gasteiger charge is 2.20. The summed E-state index contributed by atoms with van der Waals surface area (Å²) < 4.78 is 28.8. The summed E-state index contributed by atoms with van der Waals surface area (Å²) in [5.41, 5.74) is 0.254. The summed E-state index contributed by atoms with van der Waals surface area (Å²) in [5.74, 6) is -2.54. The second-order valence-corrected chi connectivity index (χ2v) is 6.05. The number of nitrogens with one attached hydrogen (secondary N) is 2. The number of rotatable bonds is 9. The Morgan fingerprint density at radius 3 is 2.06 bits per heavy atom. The second kappa shape index (κ2) is 10.6. The average Bonchev–Trinajstić information content (AvgIpc) is 2.77. The normalized spacial score (nSPS) is 10.8. The molecular weight excluding hydrogens is 411 g/mol. The van der Waals surface area contributed by atoms with Crippen molar-refractivity contribution in [3.63, 3.8) is 0 Å². The first-order valence-electron chi connectivity index (χ1n) is 8.87. The molecule has 2 amide bonds. The van der Waals surface area contributed by atoms with Crippen LogP contribution in [0.3, 0.4) is 0 Å². The van der Waals surface area contributed by atoms with Crippen LogP contribution in [0.2, 0.25) is 0 Å². The largest absolute Gasteiger partial charge is 0.493 e. The standard InChI is InChI=1S/C21H21FN2O7/c1-29-16-9-13(10-17(30-2)19(16)31-3)20(27)24-15(21(28)23-11-18(25)26)8-12-4-6-14(22)7-5-12/h4-10H,11H2,1-3H3,(H,23,28)(H,24,27)(H,25,26). The summed E-state index contributed by atoms with van der Waals surface area (Å²) in [7, 11) is 4.19. The minimum atomic E-state index is -1.26. The number of aliphatic carboxylic acids is 1. The molecule has 2 rings (SSSR count). The minimum Gasteiger partial charge on any atom is -0.493 e. The molecule has 0 heterocycles. The Labute approximate surface area is 177 Å². The molecule has 2 aromatic rings. The summed E-state index contributed by atoms with van der Waals surface area (Å²) >= 11 is 0. The van der Waals surface area contributed by atoms with Crippen molar-refractivity contribution >= 4 is 23.9 Å². The molecule has 0 aromatic heterocycles. The van der Waals surface area contributed by atoms with Crippen LogP contribution in [0.25, 0.3) is 6.08 Å². The Balaban J connectivity index is 2.39. The number of ether oxygens (including phenoxy) is 3. The maximum Gasteiger partial charge on any atom is 0.322 e. The van der Waals surface area contributed by atoms with Crippen LogP contribution in [0.1, 0.15) is 15.9 Å². The van der Waals surface area contributed by atoms with Gasteiger partial charge in [-0.15, -0.1) is 0 Å². The molecule has 9 nitrogen and oxygen atoms in total. The first-order chi connectivity index (χ1) is 14.8. The predicted octanol–water partition coefficient (Wildman–Crippen LogP) is 1.82. The maximum atomic E-state index is 13.2. The summed E-state index contributed by atoms with van der Waals surface area (Å²) in [4.78, 5) is 36.0. The van der Waals surface area contributed by atoms with E-state index in [1.165, 1.54) is 63.8 Å². The molecule has 0 atom stereocenters. The van der Waals surface area contributed by atoms with Crippen molar-refractivity contribution < 1.29 is 38.1 Å². The Hall–Kier alpha value is -4.08. The van der Waals surface area contributed by atoms with Crippen molar-refractivity contribution in [1.82, 2.24) is 10.6 Å². The fourth-order valence-electron chi connectivity index (χ4n) is 2.54. The van der Waals surface area contributed by atoms with Gasteiger partial charge < -0.3 is 30.0 Å². The molecule has 31 heavy (non-hydrogen) atoms. The van der Waals surface area contributed by atoms with Gasteiger partial charge in [-0.3, -0.25) is 14.4 Å². The number of carbonyl (C=O) groups is 3. The van der Waals surface area contributed by atoms with Gasteiger partial charge >= 0.3 is 5.97 Å². The molecule has 0 fully saturated rings. The first kappa shape index (κ1) is 23.2. The number of carbonyl (C=O) groups excluding carboxylic acids is 2. The monoisotopic (exact) mass is 432 g/mol. The highest BCUT2D eigenvalue weighted by Crippen LogP contribution is 2.38. The Morgan fingerprint density at radius 1 is 1.00 bits per heavy atom. The number of methoxy groups -OCH3 is 3. The molecule has 2 aromatic carbocycles. The molecule has 0 spiro atoms. The van der Waals surface area contributed by atoms with Gasteiger partial charge in [0.25, 0.3) is 11.8 Å². The van der Waals surface area contributed by atoms with Gasteiger partial charge in [-0.25, -0.2) is 4.39 Å². The lowest BCUT2D eigenvalue weighted by molar-refractivity contribution is -0.137. The van der Waals surface area contributed by atoms with Crippen LogP contribution in [0.4, 0.5) is 4.39 Å². The molecule has 0 saturated carbocycles. The third-order valence-corrected chi connectivity index (χ3v) is 4.00. The fourth-order valence-corrected chi connectivity index (χ4v) is 2.54. The summed E-state index contributed by atoms with van der Waals surface area (Å²) in [6.07, 6.45) is 1.28. The van der Waals surface area contributed by atoms with Crippen molar-refractivity contribution in [3.05, 3.63) is 59.0 Å². The molecule has 3 N–H and O–H groups in total. The number of hydrogen-bond acceptors (Lipinski definition) is 6. The summed E-state index contributed by atoms with van der Waals surface area (Å²) in [5, 5.41) is 13.4. The highest BCUT2D eigenvalue weighted by molar-refractivity contribution is 6.06. The SMILES string of the molecule is COc1cc(C(=O)NC(=Cc2ccc(F)cc2)C(=O)NCC(=O)O)cc(OC)c1OC. The van der Waals surface area contributed by atoms with Crippen LogP contribution in [0, 0.1) is 5.82 Å². The Kier molecular flexibility index (Phi) is 7.95. The van der Waals surface area contributed by atoms with E-state index in [9.17, 15) is 18.8 Å². The van der Waals surface area contributed by atoms with Crippen molar-refractivity contribution in [2.45, 2.75) is 0 Å². The molecule has 164 valence electrons. The number of amides is 2. The van der Waals surface area contributed by atoms with Crippen molar-refractivity contribution in [3.8, 4) is 17.2 Å². The minimum absolute atomic E-state index is 0.0885. The van der Waals surface area contributed by atoms with E-state index in [1.54, 1.807) is 0 Å². The van der Waals surface area contributed by atoms with E-state index in [0.717, 1.165) is 0 Å². The Morgan fingerprint density at radius 2 is 1.58 bits per heavy atom. The number of hydrogen-bond donors (Lipinski definition) is 3. The fraction of sp³-hybridized carbons (Fsp3) is 0.190. The molecule has 0 bridgehead atoms. The van der Waals surface area contributed by atoms with Gasteiger partial charge in [0.15, 0.2) is 11.5 Å². The number of carboxylic acid groups (broad SMARTS) is 1. The van der Waals surface area contributed by atoms with Crippen molar-refractivity contribution in [1.29, 1.82) is 0 Å². The van der Waals surface area contributed by atoms with Gasteiger partial charge in [0.05, 0.1) is 21.3 Å². The third kappa shape index (κ3) is 6.20. The van der Waals surface area contributed by atoms with Gasteiger partial charge in [0.2, 0.25) is 5.75 Å². The van der Waals surface area contributed by atoms with E-state index in [1.807, 2.05) is 0 Å². The smallest absolute Gasteiger partial charge is 0.322 e. The topological polar surface area (TPSA) is 123 Å². The number of benzene rings is 2. The van der Waals surface area contributed by atoms with Gasteiger partial charge in [-0.2, -0.15) is 0 Å². The first-order valence-corrected chi connectivity index (χ1v) is 8.87. The summed E-state index contributed by atoms with van der Waals surface area (Å²) in [6, 6.07) is 7.93. The zero-order chi connectivity index (χ0) is 23.0. The molecule has 0 aliphatic heterocycles. The molecule has 0 saturated heterocycles. The maximum absolute atomic E-state index is 13.2. The van der Waals surface area contributed by atoms with Crippen molar-refractivity contribution in [2.24, 2.45) is 0 Å². The van der Waals surface area contributed by atoms with Gasteiger partial charge in [-0.1, -0.05) is 12.1 Å². The lowest BCUT2D eigenvalue weighted by Gasteiger charge is -2.15. The highest BCUT2D eigenvalue weighted by atomic mass is 19.1. The number of halogens is 1. The van der Waals surface area contributed by atoms with Crippen LogP contribution in [-0.4, -0.2) is 50.8 Å².